The highest BCUT2D eigenvalue weighted by molar-refractivity contribution is 7.99. The highest BCUT2D eigenvalue weighted by atomic mass is 32.2. The summed E-state index contributed by atoms with van der Waals surface area (Å²) in [6.45, 7) is 5.56. The van der Waals surface area contributed by atoms with E-state index in [-0.39, 0.29) is 0 Å². The minimum absolute atomic E-state index is 1.000. The van der Waals surface area contributed by atoms with Crippen LogP contribution in [0.1, 0.15) is 44.5 Å². The fraction of sp³-hybridized carbons (Fsp3) is 0.409. The van der Waals surface area contributed by atoms with E-state index in [4.69, 9.17) is 4.98 Å². The van der Waals surface area contributed by atoms with E-state index in [2.05, 4.69) is 66.9 Å². The summed E-state index contributed by atoms with van der Waals surface area (Å²) in [5.41, 5.74) is 3.83. The number of thioether (sulfide) groups is 1. The largest absolute Gasteiger partial charge is 0.328 e. The van der Waals surface area contributed by atoms with Crippen molar-refractivity contribution in [3.8, 4) is 0 Å². The van der Waals surface area contributed by atoms with Crippen LogP contribution in [0.3, 0.4) is 0 Å². The molecule has 25 heavy (non-hydrogen) atoms. The number of hydrogen-bond acceptors (Lipinski definition) is 2. The summed E-state index contributed by atoms with van der Waals surface area (Å²) >= 11 is 1.95. The number of aromatic nitrogens is 2. The lowest BCUT2D eigenvalue weighted by molar-refractivity contribution is 0.613. The van der Waals surface area contributed by atoms with Crippen LogP contribution in [-0.2, 0) is 19.4 Å². The van der Waals surface area contributed by atoms with Gasteiger partial charge in [-0.05, 0) is 48.8 Å². The molecule has 132 valence electrons. The quantitative estimate of drug-likeness (QED) is 0.431. The second-order valence-electron chi connectivity index (χ2n) is 6.52. The Labute approximate surface area is 155 Å². The van der Waals surface area contributed by atoms with Crippen LogP contribution in [0.2, 0.25) is 0 Å². The number of aryl methyl sites for hydroxylation is 3. The Hall–Kier alpha value is -1.74. The summed E-state index contributed by atoms with van der Waals surface area (Å²) in [7, 11) is 0. The van der Waals surface area contributed by atoms with Crippen LogP contribution >= 0.6 is 11.8 Å². The number of nitrogens with zero attached hydrogens (tertiary/aromatic N) is 2. The summed E-state index contributed by atoms with van der Waals surface area (Å²) in [6.07, 6.45) is 5.67. The molecule has 0 amide bonds. The van der Waals surface area contributed by atoms with E-state index < -0.39 is 0 Å². The number of unbranched alkanes of at least 4 members (excludes halogenated alkanes) is 1. The lowest BCUT2D eigenvalue weighted by Crippen LogP contribution is -2.05. The number of rotatable bonds is 9. The van der Waals surface area contributed by atoms with Crippen molar-refractivity contribution in [1.29, 1.82) is 0 Å². The van der Waals surface area contributed by atoms with E-state index in [0.717, 1.165) is 24.9 Å². The molecule has 3 aromatic rings. The molecule has 2 aromatic carbocycles. The lowest BCUT2D eigenvalue weighted by atomic mass is 10.1. The SMILES string of the molecule is CCCCn1c(CCc2ccccc2)nc2ccc(SCCC)cc21. The number of imidazole rings is 1. The minimum atomic E-state index is 1.000. The zero-order valence-corrected chi connectivity index (χ0v) is 16.2. The highest BCUT2D eigenvalue weighted by Crippen LogP contribution is 2.26. The van der Waals surface area contributed by atoms with Crippen molar-refractivity contribution in [2.45, 2.75) is 57.4 Å². The van der Waals surface area contributed by atoms with Gasteiger partial charge in [0.2, 0.25) is 0 Å². The molecule has 0 unspecified atom stereocenters. The summed E-state index contributed by atoms with van der Waals surface area (Å²) in [5.74, 6) is 2.40. The van der Waals surface area contributed by atoms with Gasteiger partial charge in [0, 0.05) is 17.9 Å². The first-order chi connectivity index (χ1) is 12.3. The van der Waals surface area contributed by atoms with Gasteiger partial charge < -0.3 is 4.57 Å². The maximum Gasteiger partial charge on any atom is 0.110 e. The first kappa shape index (κ1) is 18.1. The van der Waals surface area contributed by atoms with Gasteiger partial charge in [-0.1, -0.05) is 50.6 Å². The van der Waals surface area contributed by atoms with E-state index in [1.165, 1.54) is 46.8 Å². The molecule has 0 spiro atoms. The number of hydrogen-bond donors (Lipinski definition) is 0. The Morgan fingerprint density at radius 2 is 1.80 bits per heavy atom. The molecule has 2 nitrogen and oxygen atoms in total. The van der Waals surface area contributed by atoms with Gasteiger partial charge >= 0.3 is 0 Å². The van der Waals surface area contributed by atoms with Gasteiger partial charge in [-0.25, -0.2) is 4.98 Å². The van der Waals surface area contributed by atoms with E-state index in [0.29, 0.717) is 0 Å². The lowest BCUT2D eigenvalue weighted by Gasteiger charge is -2.09. The molecular formula is C22H28N2S. The van der Waals surface area contributed by atoms with Crippen LogP contribution in [0.4, 0.5) is 0 Å². The number of fused-ring (bicyclic) bond motifs is 1. The third-order valence-electron chi connectivity index (χ3n) is 4.49. The average molecular weight is 353 g/mol. The van der Waals surface area contributed by atoms with E-state index in [9.17, 15) is 0 Å². The zero-order valence-electron chi connectivity index (χ0n) is 15.4. The van der Waals surface area contributed by atoms with Crippen LogP contribution in [0.5, 0.6) is 0 Å². The van der Waals surface area contributed by atoms with Gasteiger partial charge in [0.1, 0.15) is 5.82 Å². The van der Waals surface area contributed by atoms with Crippen molar-refractivity contribution >= 4 is 22.8 Å². The second kappa shape index (κ2) is 9.10. The Bertz CT molecular complexity index is 792. The molecule has 0 bridgehead atoms. The molecule has 1 heterocycles. The van der Waals surface area contributed by atoms with E-state index in [1.54, 1.807) is 0 Å². The first-order valence-corrected chi connectivity index (χ1v) is 10.5. The smallest absolute Gasteiger partial charge is 0.110 e. The van der Waals surface area contributed by atoms with Gasteiger partial charge in [0.05, 0.1) is 11.0 Å². The van der Waals surface area contributed by atoms with Gasteiger partial charge in [-0.15, -0.1) is 11.8 Å². The monoisotopic (exact) mass is 352 g/mol. The molecule has 0 N–H and O–H groups in total. The van der Waals surface area contributed by atoms with Crippen LogP contribution in [0.25, 0.3) is 11.0 Å². The van der Waals surface area contributed by atoms with Crippen LogP contribution in [-0.4, -0.2) is 15.3 Å². The molecule has 0 fully saturated rings. The fourth-order valence-electron chi connectivity index (χ4n) is 3.12. The predicted molar refractivity (Wildman–Crippen MR) is 110 cm³/mol. The Kier molecular flexibility index (Phi) is 6.57. The van der Waals surface area contributed by atoms with Gasteiger partial charge in [-0.2, -0.15) is 0 Å². The summed E-state index contributed by atoms with van der Waals surface area (Å²) in [6, 6.07) is 17.5. The highest BCUT2D eigenvalue weighted by Gasteiger charge is 2.11. The summed E-state index contributed by atoms with van der Waals surface area (Å²) in [4.78, 5) is 6.32. The standard InChI is InChI=1S/C22H28N2S/c1-3-5-15-24-21-17-19(25-16-4-2)12-13-20(21)23-22(24)14-11-18-9-7-6-8-10-18/h6-10,12-13,17H,3-5,11,14-16H2,1-2H3. The molecule has 3 rings (SSSR count). The molecule has 3 heteroatoms. The summed E-state index contributed by atoms with van der Waals surface area (Å²) in [5, 5.41) is 0. The van der Waals surface area contributed by atoms with Gasteiger partial charge in [0.25, 0.3) is 0 Å². The summed E-state index contributed by atoms with van der Waals surface area (Å²) < 4.78 is 2.46. The third kappa shape index (κ3) is 4.66. The van der Waals surface area contributed by atoms with Crippen molar-refractivity contribution < 1.29 is 0 Å². The van der Waals surface area contributed by atoms with Crippen LogP contribution in [0.15, 0.2) is 53.4 Å². The maximum atomic E-state index is 4.96. The van der Waals surface area contributed by atoms with Gasteiger partial charge in [-0.3, -0.25) is 0 Å². The third-order valence-corrected chi connectivity index (χ3v) is 5.69. The van der Waals surface area contributed by atoms with Crippen molar-refractivity contribution in [1.82, 2.24) is 9.55 Å². The average Bonchev–Trinajstić information content (AvgIpc) is 3.00. The zero-order chi connectivity index (χ0) is 17.5. The molecule has 0 saturated heterocycles. The topological polar surface area (TPSA) is 17.8 Å². The fourth-order valence-corrected chi connectivity index (χ4v) is 3.92. The molecule has 0 aliphatic carbocycles. The molecule has 0 radical (unpaired) electrons. The first-order valence-electron chi connectivity index (χ1n) is 9.47. The molecule has 0 saturated carbocycles. The predicted octanol–water partition coefficient (Wildman–Crippen LogP) is 6.12. The molecule has 0 aliphatic heterocycles. The molecule has 0 atom stereocenters. The van der Waals surface area contributed by atoms with Crippen LogP contribution < -0.4 is 0 Å². The van der Waals surface area contributed by atoms with E-state index >= 15 is 0 Å². The minimum Gasteiger partial charge on any atom is -0.328 e. The second-order valence-corrected chi connectivity index (χ2v) is 7.69. The van der Waals surface area contributed by atoms with Crippen LogP contribution in [0, 0.1) is 0 Å². The Morgan fingerprint density at radius 1 is 0.960 bits per heavy atom. The van der Waals surface area contributed by atoms with Gasteiger partial charge in [0.15, 0.2) is 0 Å². The molecule has 1 aromatic heterocycles. The van der Waals surface area contributed by atoms with E-state index in [1.807, 2.05) is 11.8 Å². The van der Waals surface area contributed by atoms with Crippen molar-refractivity contribution in [3.63, 3.8) is 0 Å². The Balaban J connectivity index is 1.87. The Morgan fingerprint density at radius 3 is 2.56 bits per heavy atom. The van der Waals surface area contributed by atoms with Crippen molar-refractivity contribution in [3.05, 3.63) is 59.9 Å². The number of benzene rings is 2. The van der Waals surface area contributed by atoms with Crippen molar-refractivity contribution in [2.75, 3.05) is 5.75 Å². The van der Waals surface area contributed by atoms with Crippen molar-refractivity contribution in [2.24, 2.45) is 0 Å². The molecule has 0 aliphatic rings. The normalized spacial score (nSPS) is 11.3. The maximum absolute atomic E-state index is 4.96. The molecular weight excluding hydrogens is 324 g/mol.